The molecule has 260 valence electrons. The Kier molecular flexibility index (Phi) is 12.7. The third kappa shape index (κ3) is 9.49. The van der Waals surface area contributed by atoms with Gasteiger partial charge in [0.2, 0.25) is 10.0 Å². The molecule has 0 aliphatic rings. The number of carbonyl (C=O) groups excluding carboxylic acids is 1. The van der Waals surface area contributed by atoms with Crippen LogP contribution in [0.1, 0.15) is 32.6 Å². The molecule has 0 saturated heterocycles. The molecule has 5 aromatic carbocycles. The summed E-state index contributed by atoms with van der Waals surface area (Å²) in [6, 6.07) is 33.7. The number of hydrogen-bond donors (Lipinski definition) is 5. The highest BCUT2D eigenvalue weighted by Gasteiger charge is 2.29. The van der Waals surface area contributed by atoms with Crippen LogP contribution in [0.25, 0.3) is 11.1 Å². The predicted octanol–water partition coefficient (Wildman–Crippen LogP) is 6.13. The van der Waals surface area contributed by atoms with E-state index in [1.807, 2.05) is 66.7 Å². The summed E-state index contributed by atoms with van der Waals surface area (Å²) in [6.07, 6.45) is 0. The number of benzene rings is 5. The molecule has 0 saturated carbocycles. The van der Waals surface area contributed by atoms with Crippen LogP contribution in [0.5, 0.6) is 5.75 Å². The first kappa shape index (κ1) is 37.0. The van der Waals surface area contributed by atoms with E-state index >= 15 is 0 Å². The van der Waals surface area contributed by atoms with Gasteiger partial charge in [-0.15, -0.1) is 0 Å². The molecular formula is C38H37Cl2N3O6S. The minimum atomic E-state index is -4.31. The monoisotopic (exact) mass is 733 g/mol. The lowest BCUT2D eigenvalue weighted by Gasteiger charge is -2.24. The Bertz CT molecular complexity index is 2010. The van der Waals surface area contributed by atoms with Gasteiger partial charge in [-0.1, -0.05) is 114 Å². The quantitative estimate of drug-likeness (QED) is 0.0873. The van der Waals surface area contributed by atoms with Gasteiger partial charge in [-0.2, -0.15) is 4.31 Å². The molecule has 5 N–H and O–H groups in total. The third-order valence-corrected chi connectivity index (χ3v) is 10.4. The van der Waals surface area contributed by atoms with Gasteiger partial charge in [0.05, 0.1) is 24.3 Å². The van der Waals surface area contributed by atoms with Crippen molar-refractivity contribution >= 4 is 39.1 Å². The van der Waals surface area contributed by atoms with Crippen molar-refractivity contribution in [3.8, 4) is 16.9 Å². The summed E-state index contributed by atoms with van der Waals surface area (Å²) >= 11 is 12.3. The van der Waals surface area contributed by atoms with Crippen LogP contribution in [0.3, 0.4) is 0 Å². The van der Waals surface area contributed by atoms with E-state index in [1.165, 1.54) is 16.4 Å². The van der Waals surface area contributed by atoms with Crippen LogP contribution >= 0.6 is 23.2 Å². The molecule has 0 aromatic heterocycles. The van der Waals surface area contributed by atoms with E-state index in [0.717, 1.165) is 27.8 Å². The zero-order valence-electron chi connectivity index (χ0n) is 27.0. The number of aliphatic hydroxyl groups is 2. The van der Waals surface area contributed by atoms with Crippen molar-refractivity contribution in [2.45, 2.75) is 37.1 Å². The van der Waals surface area contributed by atoms with Crippen LogP contribution in [0.2, 0.25) is 10.0 Å². The Morgan fingerprint density at radius 1 is 0.700 bits per heavy atom. The molecule has 5 aromatic rings. The van der Waals surface area contributed by atoms with Crippen molar-refractivity contribution in [2.75, 3.05) is 13.2 Å². The van der Waals surface area contributed by atoms with Crippen LogP contribution in [-0.4, -0.2) is 53.2 Å². The first-order valence-electron chi connectivity index (χ1n) is 15.8. The number of rotatable bonds is 15. The highest BCUT2D eigenvalue weighted by molar-refractivity contribution is 7.89. The van der Waals surface area contributed by atoms with E-state index in [4.69, 9.17) is 23.2 Å². The maximum Gasteiger partial charge on any atom is 0.251 e. The fraction of sp³-hybridized carbons (Fsp3) is 0.184. The van der Waals surface area contributed by atoms with Gasteiger partial charge in [0, 0.05) is 36.8 Å². The van der Waals surface area contributed by atoms with Gasteiger partial charge in [0.25, 0.3) is 5.91 Å². The van der Waals surface area contributed by atoms with E-state index in [9.17, 15) is 28.5 Å². The van der Waals surface area contributed by atoms with Gasteiger partial charge < -0.3 is 26.0 Å². The Balaban J connectivity index is 1.32. The van der Waals surface area contributed by atoms with Crippen molar-refractivity contribution in [1.82, 2.24) is 14.9 Å². The summed E-state index contributed by atoms with van der Waals surface area (Å²) in [4.78, 5) is 12.5. The second-order valence-electron chi connectivity index (χ2n) is 11.7. The minimum Gasteiger partial charge on any atom is -0.505 e. The summed E-state index contributed by atoms with van der Waals surface area (Å²) in [6.45, 7) is 0.204. The molecule has 50 heavy (non-hydrogen) atoms. The van der Waals surface area contributed by atoms with Gasteiger partial charge in [-0.25, -0.2) is 8.42 Å². The molecule has 0 fully saturated rings. The number of carbonyl (C=O) groups is 1. The van der Waals surface area contributed by atoms with E-state index in [-0.39, 0.29) is 48.8 Å². The predicted molar refractivity (Wildman–Crippen MR) is 195 cm³/mol. The maximum absolute atomic E-state index is 14.1. The second-order valence-corrected chi connectivity index (χ2v) is 14.5. The number of sulfonamides is 1. The summed E-state index contributed by atoms with van der Waals surface area (Å²) in [7, 11) is -4.31. The summed E-state index contributed by atoms with van der Waals surface area (Å²) in [5.74, 6) is -0.865. The molecular weight excluding hydrogens is 697 g/mol. The van der Waals surface area contributed by atoms with Crippen LogP contribution < -0.4 is 10.6 Å². The van der Waals surface area contributed by atoms with E-state index < -0.39 is 26.7 Å². The Morgan fingerprint density at radius 3 is 2.00 bits per heavy atom. The van der Waals surface area contributed by atoms with Crippen LogP contribution in [0.15, 0.2) is 120 Å². The standard InChI is InChI=1S/C38H37Cl2N3O6S/c39-33-18-35(40)37(46)36(19-33)50(48,49)43(22-27-11-13-31(14-12-27)30-7-2-1-3-8-30)23-29-6-4-5-28(17-29)21-42-38(47)32-15-9-26(10-16-32)20-41-34(24-44)25-45/h1-19,34,41,44-46H,20-25H2,(H,42,47). The average molecular weight is 735 g/mol. The number of aromatic hydroxyl groups is 1. The van der Waals surface area contributed by atoms with E-state index in [2.05, 4.69) is 10.6 Å². The lowest BCUT2D eigenvalue weighted by molar-refractivity contribution is 0.0951. The maximum atomic E-state index is 14.1. The largest absolute Gasteiger partial charge is 0.505 e. The molecule has 0 heterocycles. The number of nitrogens with one attached hydrogen (secondary N) is 2. The van der Waals surface area contributed by atoms with Crippen molar-refractivity contribution in [3.05, 3.63) is 153 Å². The van der Waals surface area contributed by atoms with Crippen molar-refractivity contribution in [2.24, 2.45) is 0 Å². The number of hydrogen-bond acceptors (Lipinski definition) is 7. The molecule has 5 rings (SSSR count). The van der Waals surface area contributed by atoms with Gasteiger partial charge in [-0.3, -0.25) is 4.79 Å². The van der Waals surface area contributed by atoms with E-state index in [0.29, 0.717) is 17.7 Å². The molecule has 12 heteroatoms. The summed E-state index contributed by atoms with van der Waals surface area (Å²) in [5, 5.41) is 35.0. The van der Waals surface area contributed by atoms with E-state index in [1.54, 1.807) is 36.4 Å². The topological polar surface area (TPSA) is 139 Å². The van der Waals surface area contributed by atoms with Crippen molar-refractivity contribution in [3.63, 3.8) is 0 Å². The Labute approximate surface area is 301 Å². The summed E-state index contributed by atoms with van der Waals surface area (Å²) in [5.41, 5.74) is 5.52. The Morgan fingerprint density at radius 2 is 1.32 bits per heavy atom. The number of amides is 1. The highest BCUT2D eigenvalue weighted by Crippen LogP contribution is 2.36. The minimum absolute atomic E-state index is 0.00584. The number of phenolic OH excluding ortho intramolecular Hbond substituents is 1. The normalized spacial score (nSPS) is 11.6. The Hall–Kier alpha value is -4.26. The molecule has 0 spiro atoms. The first-order chi connectivity index (χ1) is 24.1. The fourth-order valence-corrected chi connectivity index (χ4v) is 7.45. The lowest BCUT2D eigenvalue weighted by atomic mass is 10.0. The molecule has 0 atom stereocenters. The van der Waals surface area contributed by atoms with Crippen LogP contribution in [0, 0.1) is 0 Å². The molecule has 0 unspecified atom stereocenters. The number of aliphatic hydroxyl groups excluding tert-OH is 2. The third-order valence-electron chi connectivity index (χ3n) is 8.09. The zero-order chi connectivity index (χ0) is 35.7. The molecule has 0 bridgehead atoms. The molecule has 1 amide bonds. The number of nitrogens with zero attached hydrogens (tertiary/aromatic N) is 1. The summed E-state index contributed by atoms with van der Waals surface area (Å²) < 4.78 is 29.5. The number of halogens is 2. The van der Waals surface area contributed by atoms with Gasteiger partial charge in [-0.05, 0) is 57.6 Å². The van der Waals surface area contributed by atoms with Crippen LogP contribution in [0.4, 0.5) is 0 Å². The van der Waals surface area contributed by atoms with Gasteiger partial charge in [0.15, 0.2) is 5.75 Å². The fourth-order valence-electron chi connectivity index (χ4n) is 5.29. The zero-order valence-corrected chi connectivity index (χ0v) is 29.3. The van der Waals surface area contributed by atoms with Crippen molar-refractivity contribution < 1.29 is 28.5 Å². The second kappa shape index (κ2) is 17.1. The van der Waals surface area contributed by atoms with Gasteiger partial charge >= 0.3 is 0 Å². The van der Waals surface area contributed by atoms with Crippen molar-refractivity contribution in [1.29, 1.82) is 0 Å². The SMILES string of the molecule is O=C(NCc1cccc(CN(Cc2ccc(-c3ccccc3)cc2)S(=O)(=O)c2cc(Cl)cc(Cl)c2O)c1)c1ccc(CNC(CO)CO)cc1. The average Bonchev–Trinajstić information content (AvgIpc) is 3.13. The lowest BCUT2D eigenvalue weighted by Crippen LogP contribution is -2.35. The van der Waals surface area contributed by atoms with Gasteiger partial charge in [0.1, 0.15) is 4.90 Å². The molecule has 0 aliphatic heterocycles. The number of phenols is 1. The highest BCUT2D eigenvalue weighted by atomic mass is 35.5. The molecule has 0 aliphatic carbocycles. The first-order valence-corrected chi connectivity index (χ1v) is 18.0. The molecule has 9 nitrogen and oxygen atoms in total. The van der Waals surface area contributed by atoms with Crippen LogP contribution in [-0.2, 0) is 36.2 Å². The molecule has 0 radical (unpaired) electrons. The smallest absolute Gasteiger partial charge is 0.251 e.